The van der Waals surface area contributed by atoms with Gasteiger partial charge in [0.1, 0.15) is 23.8 Å². The molecule has 0 bridgehead atoms. The molecule has 252 valence electrons. The molecule has 5 N–H and O–H groups in total. The normalized spacial score (nSPS) is 25.8. The topological polar surface area (TPSA) is 219 Å². The van der Waals surface area contributed by atoms with Crippen molar-refractivity contribution < 1.29 is 41.8 Å². The van der Waals surface area contributed by atoms with Crippen molar-refractivity contribution in [2.45, 2.75) is 75.8 Å². The van der Waals surface area contributed by atoms with Crippen LogP contribution in [0.1, 0.15) is 45.8 Å². The molecule has 1 saturated carbocycles. The Bertz CT molecular complexity index is 1720. The number of carbonyl (C=O) groups excluding carboxylic acids is 1. The molecule has 2 fully saturated rings. The molecule has 2 aliphatic rings. The highest BCUT2D eigenvalue weighted by Crippen LogP contribution is 2.51. The number of benzene rings is 1. The molecular weight excluding hydrogens is 667 g/mol. The number of imidazole rings is 1. The number of aliphatic hydroxyl groups is 2. The van der Waals surface area contributed by atoms with Gasteiger partial charge in [0.25, 0.3) is 0 Å². The molecule has 1 amide bonds. The van der Waals surface area contributed by atoms with Gasteiger partial charge in [-0.1, -0.05) is 24.4 Å². The van der Waals surface area contributed by atoms with Gasteiger partial charge in [-0.2, -0.15) is 5.09 Å². The number of hydrogen-bond acceptors (Lipinski definition) is 13. The van der Waals surface area contributed by atoms with Crippen molar-refractivity contribution in [1.82, 2.24) is 34.8 Å². The molecule has 20 heteroatoms. The van der Waals surface area contributed by atoms with Crippen LogP contribution in [0.25, 0.3) is 11.2 Å². The second-order valence-corrected chi connectivity index (χ2v) is 15.3. The van der Waals surface area contributed by atoms with Crippen LogP contribution in [0.2, 0.25) is 5.02 Å². The molecule has 2 aromatic heterocycles. The zero-order chi connectivity index (χ0) is 33.4. The van der Waals surface area contributed by atoms with Gasteiger partial charge in [0.15, 0.2) is 23.2 Å². The fourth-order valence-electron chi connectivity index (χ4n) is 5.28. The van der Waals surface area contributed by atoms with E-state index in [1.807, 2.05) is 0 Å². The maximum absolute atomic E-state index is 14.2. The SMILES string of the molecule is C[C@H](NP(=O)(Oc1ccc(Cl)cc1)OC1O[C@@H](n2cnc3c(N(C)NS(C)(=O)=O)ncnc32)[C@](C)(O)C1O)C(=O)NC1CCCC1. The quantitative estimate of drug-likeness (QED) is 0.134. The molecule has 1 aromatic carbocycles. The van der Waals surface area contributed by atoms with Gasteiger partial charge in [-0.3, -0.25) is 18.9 Å². The summed E-state index contributed by atoms with van der Waals surface area (Å²) in [6.07, 6.45) is 2.11. The maximum Gasteiger partial charge on any atom is 0.461 e. The van der Waals surface area contributed by atoms with Gasteiger partial charge in [0.05, 0.1) is 18.6 Å². The number of amides is 1. The summed E-state index contributed by atoms with van der Waals surface area (Å²) < 4.78 is 56.4. The van der Waals surface area contributed by atoms with Crippen LogP contribution >= 0.6 is 19.3 Å². The minimum atomic E-state index is -4.52. The number of aromatic nitrogens is 4. The van der Waals surface area contributed by atoms with Crippen LogP contribution in [-0.4, -0.2) is 87.4 Å². The van der Waals surface area contributed by atoms with E-state index < -0.39 is 53.9 Å². The molecule has 3 aromatic rings. The van der Waals surface area contributed by atoms with Crippen LogP contribution in [-0.2, 0) is 28.6 Å². The zero-order valence-corrected chi connectivity index (χ0v) is 27.9. The van der Waals surface area contributed by atoms with Gasteiger partial charge < -0.3 is 24.8 Å². The molecule has 0 spiro atoms. The summed E-state index contributed by atoms with van der Waals surface area (Å²) in [6.45, 7) is 2.76. The highest BCUT2D eigenvalue weighted by molar-refractivity contribution is 7.88. The maximum atomic E-state index is 14.2. The van der Waals surface area contributed by atoms with E-state index in [1.54, 1.807) is 0 Å². The van der Waals surface area contributed by atoms with Gasteiger partial charge >= 0.3 is 7.75 Å². The number of hydrogen-bond donors (Lipinski definition) is 5. The number of fused-ring (bicyclic) bond motifs is 1. The first-order chi connectivity index (χ1) is 21.6. The summed E-state index contributed by atoms with van der Waals surface area (Å²) in [5.74, 6) is -0.255. The summed E-state index contributed by atoms with van der Waals surface area (Å²) in [7, 11) is -6.76. The zero-order valence-electron chi connectivity index (χ0n) is 25.4. The van der Waals surface area contributed by atoms with Crippen molar-refractivity contribution in [1.29, 1.82) is 0 Å². The van der Waals surface area contributed by atoms with Crippen LogP contribution in [0.15, 0.2) is 36.9 Å². The average Bonchev–Trinajstić information content (AvgIpc) is 3.69. The summed E-state index contributed by atoms with van der Waals surface area (Å²) in [6, 6.07) is 4.84. The predicted molar refractivity (Wildman–Crippen MR) is 166 cm³/mol. The lowest BCUT2D eigenvalue weighted by Crippen LogP contribution is -2.46. The third kappa shape index (κ3) is 7.61. The average molecular weight is 703 g/mol. The van der Waals surface area contributed by atoms with Crippen molar-refractivity contribution in [3.05, 3.63) is 41.9 Å². The van der Waals surface area contributed by atoms with Gasteiger partial charge in [-0.05, 0) is 51.0 Å². The van der Waals surface area contributed by atoms with E-state index in [1.165, 1.54) is 56.1 Å². The minimum Gasteiger partial charge on any atom is -0.413 e. The first-order valence-electron chi connectivity index (χ1n) is 14.3. The lowest BCUT2D eigenvalue weighted by molar-refractivity contribution is -0.131. The standard InChI is InChI=1S/C26H36ClN8O9PS/c1-15(23(37)31-17-7-5-6-8-17)32-45(39,43-18-11-9-16(27)10-12-18)44-24-20(36)26(2,38)25(42-24)35-14-30-19-21(28-13-29-22(19)35)34(3)33-46(4,40)41/h9-15,17,20,24-25,33,36,38H,5-8H2,1-4H3,(H,31,37)(H,32,39)/t15-,20?,24?,25+,26+,45?/m0/s1. The fraction of sp³-hybridized carbons (Fsp3) is 0.538. The number of carbonyl (C=O) groups is 1. The number of halogens is 1. The predicted octanol–water partition coefficient (Wildman–Crippen LogP) is 1.59. The summed E-state index contributed by atoms with van der Waals surface area (Å²) in [4.78, 5) is 27.8. The number of hydrazine groups is 1. The summed E-state index contributed by atoms with van der Waals surface area (Å²) in [5, 5.41) is 29.7. The molecule has 3 heterocycles. The van der Waals surface area contributed by atoms with Crippen LogP contribution in [0.4, 0.5) is 5.82 Å². The molecule has 5 rings (SSSR count). The molecule has 0 radical (unpaired) electrons. The van der Waals surface area contributed by atoms with E-state index in [-0.39, 0.29) is 28.8 Å². The van der Waals surface area contributed by atoms with E-state index in [0.29, 0.717) is 5.02 Å². The first-order valence-corrected chi connectivity index (χ1v) is 18.1. The minimum absolute atomic E-state index is 0.00125. The van der Waals surface area contributed by atoms with E-state index in [9.17, 15) is 28.0 Å². The number of nitrogens with zero attached hydrogens (tertiary/aromatic N) is 5. The Labute approximate surface area is 270 Å². The van der Waals surface area contributed by atoms with Crippen LogP contribution in [0, 0.1) is 0 Å². The van der Waals surface area contributed by atoms with E-state index >= 15 is 0 Å². The molecule has 6 atom stereocenters. The van der Waals surface area contributed by atoms with Crippen LogP contribution in [0.5, 0.6) is 5.75 Å². The van der Waals surface area contributed by atoms with Crippen molar-refractivity contribution >= 4 is 52.3 Å². The molecule has 1 saturated heterocycles. The number of rotatable bonds is 12. The van der Waals surface area contributed by atoms with Gasteiger partial charge in [-0.15, -0.1) is 4.83 Å². The summed E-state index contributed by atoms with van der Waals surface area (Å²) >= 11 is 5.98. The molecule has 46 heavy (non-hydrogen) atoms. The number of ether oxygens (including phenoxy) is 1. The van der Waals surface area contributed by atoms with Gasteiger partial charge in [0.2, 0.25) is 22.2 Å². The van der Waals surface area contributed by atoms with Crippen molar-refractivity contribution in [3.8, 4) is 5.75 Å². The van der Waals surface area contributed by atoms with E-state index in [4.69, 9.17) is 25.4 Å². The Morgan fingerprint density at radius 1 is 1.24 bits per heavy atom. The van der Waals surface area contributed by atoms with E-state index in [2.05, 4.69) is 30.2 Å². The van der Waals surface area contributed by atoms with E-state index in [0.717, 1.165) is 43.3 Å². The van der Waals surface area contributed by atoms with Crippen molar-refractivity contribution in [3.63, 3.8) is 0 Å². The molecule has 1 aliphatic carbocycles. The third-order valence-corrected chi connectivity index (χ3v) is 10.1. The molecule has 17 nitrogen and oxygen atoms in total. The monoisotopic (exact) mass is 702 g/mol. The highest BCUT2D eigenvalue weighted by atomic mass is 35.5. The largest absolute Gasteiger partial charge is 0.461 e. The van der Waals surface area contributed by atoms with Crippen molar-refractivity contribution in [2.75, 3.05) is 18.3 Å². The second-order valence-electron chi connectivity index (χ2n) is 11.5. The van der Waals surface area contributed by atoms with Crippen LogP contribution in [0.3, 0.4) is 0 Å². The Balaban J connectivity index is 1.41. The Kier molecular flexibility index (Phi) is 9.94. The lowest BCUT2D eigenvalue weighted by atomic mass is 9.99. The Morgan fingerprint density at radius 3 is 2.57 bits per heavy atom. The lowest BCUT2D eigenvalue weighted by Gasteiger charge is -2.28. The van der Waals surface area contributed by atoms with Gasteiger partial charge in [0, 0.05) is 18.1 Å². The second kappa shape index (κ2) is 13.3. The number of aliphatic hydroxyl groups excluding tert-OH is 1. The van der Waals surface area contributed by atoms with Gasteiger partial charge in [-0.25, -0.2) is 27.9 Å². The Hall–Kier alpha value is -2.93. The number of nitrogens with one attached hydrogen (secondary N) is 3. The number of anilines is 1. The fourth-order valence-corrected chi connectivity index (χ4v) is 7.58. The van der Waals surface area contributed by atoms with Crippen LogP contribution < -0.4 is 24.8 Å². The molecular formula is C26H36ClN8O9PS. The first kappa shape index (κ1) is 34.4. The molecule has 1 aliphatic heterocycles. The Morgan fingerprint density at radius 2 is 1.91 bits per heavy atom. The highest BCUT2D eigenvalue weighted by Gasteiger charge is 2.56. The van der Waals surface area contributed by atoms with Crippen molar-refractivity contribution in [2.24, 2.45) is 0 Å². The number of sulfonamides is 1. The summed E-state index contributed by atoms with van der Waals surface area (Å²) in [5.41, 5.74) is -1.82. The molecule has 3 unspecified atom stereocenters. The smallest absolute Gasteiger partial charge is 0.413 e. The third-order valence-electron chi connectivity index (χ3n) is 7.56.